The molecule has 0 aromatic heterocycles. The molecule has 1 aliphatic rings. The van der Waals surface area contributed by atoms with E-state index in [0.717, 1.165) is 5.56 Å². The van der Waals surface area contributed by atoms with Crippen molar-refractivity contribution in [1.29, 1.82) is 0 Å². The summed E-state index contributed by atoms with van der Waals surface area (Å²) in [5.41, 5.74) is 1.01. The average Bonchev–Trinajstić information content (AvgIpc) is 2.85. The van der Waals surface area contributed by atoms with Gasteiger partial charge in [-0.15, -0.1) is 0 Å². The van der Waals surface area contributed by atoms with E-state index >= 15 is 0 Å². The van der Waals surface area contributed by atoms with Crippen molar-refractivity contribution in [2.24, 2.45) is 5.92 Å². The molecule has 0 nitrogen and oxygen atoms in total. The third-order valence-corrected chi connectivity index (χ3v) is 2.80. The molecule has 0 N–H and O–H groups in total. The second-order valence-electron chi connectivity index (χ2n) is 3.97. The first-order chi connectivity index (χ1) is 6.57. The fraction of sp³-hybridized carbons (Fsp3) is 0.400. The van der Waals surface area contributed by atoms with E-state index in [2.05, 4.69) is 0 Å². The monoisotopic (exact) mass is 238 g/mol. The Morgan fingerprint density at radius 3 is 2.20 bits per heavy atom. The van der Waals surface area contributed by atoms with Gasteiger partial charge in [0.1, 0.15) is 0 Å². The van der Waals surface area contributed by atoms with Crippen molar-refractivity contribution in [3.8, 4) is 0 Å². The molecule has 0 heterocycles. The Labute approximate surface area is 130 Å². The second-order valence-corrected chi connectivity index (χ2v) is 3.97. The fourth-order valence-electron chi connectivity index (χ4n) is 1.89. The minimum absolute atomic E-state index is 0. The maximum atomic E-state index is 12.3. The number of benzene rings is 1. The Balaban J connectivity index is 0.00000112. The van der Waals surface area contributed by atoms with Crippen molar-refractivity contribution in [3.05, 3.63) is 35.9 Å². The van der Waals surface area contributed by atoms with E-state index in [0.29, 0.717) is 12.8 Å². The summed E-state index contributed by atoms with van der Waals surface area (Å²) in [5, 5.41) is 0. The number of hydrogen-bond donors (Lipinski definition) is 0. The Kier molecular flexibility index (Phi) is 4.92. The van der Waals surface area contributed by atoms with Gasteiger partial charge in [-0.25, -0.2) is 0 Å². The van der Waals surface area contributed by atoms with Gasteiger partial charge in [-0.3, -0.25) is 0 Å². The summed E-state index contributed by atoms with van der Waals surface area (Å²) in [5.74, 6) is -1.15. The Morgan fingerprint density at radius 2 is 1.73 bits per heavy atom. The van der Waals surface area contributed by atoms with Crippen molar-refractivity contribution in [1.82, 2.24) is 0 Å². The Bertz CT molecular complexity index is 312. The Morgan fingerprint density at radius 1 is 1.13 bits per heavy atom. The van der Waals surface area contributed by atoms with E-state index in [1.54, 1.807) is 0 Å². The summed E-state index contributed by atoms with van der Waals surface area (Å²) < 4.78 is 36.8. The van der Waals surface area contributed by atoms with Gasteiger partial charge in [-0.05, 0) is 12.0 Å². The van der Waals surface area contributed by atoms with Crippen LogP contribution >= 0.6 is 0 Å². The molecule has 15 heavy (non-hydrogen) atoms. The van der Waals surface area contributed by atoms with Crippen LogP contribution in [0.25, 0.3) is 0 Å². The first-order valence-corrected chi connectivity index (χ1v) is 4.81. The first-order valence-electron chi connectivity index (χ1n) is 4.81. The molecular formula is C10H11BF3K. The third-order valence-electron chi connectivity index (χ3n) is 2.80. The molecule has 1 saturated carbocycles. The molecule has 76 valence electrons. The van der Waals surface area contributed by atoms with Crippen LogP contribution in [0, 0.1) is 5.92 Å². The molecule has 1 aliphatic carbocycles. The summed E-state index contributed by atoms with van der Waals surface area (Å²) in [4.78, 5) is 0. The molecule has 2 rings (SSSR count). The number of halogens is 3. The summed E-state index contributed by atoms with van der Waals surface area (Å²) in [6.07, 6.45) is 0.908. The van der Waals surface area contributed by atoms with E-state index < -0.39 is 12.8 Å². The van der Waals surface area contributed by atoms with Crippen LogP contribution in [0.2, 0.25) is 5.82 Å². The van der Waals surface area contributed by atoms with E-state index in [4.69, 9.17) is 0 Å². The molecule has 5 heteroatoms. The van der Waals surface area contributed by atoms with Crippen molar-refractivity contribution in [2.75, 3.05) is 0 Å². The fourth-order valence-corrected chi connectivity index (χ4v) is 1.89. The quantitative estimate of drug-likeness (QED) is 0.671. The maximum absolute atomic E-state index is 12.3. The van der Waals surface area contributed by atoms with Crippen LogP contribution < -0.4 is 51.4 Å². The standard InChI is InChI=1S/C10H11BF3.K/c12-11(13,14)10-7-9(10)6-8-4-2-1-3-5-8;/h1-5,9-10H,6-7H2;/q-1;+1/t9-,10-;/m1./s1. The van der Waals surface area contributed by atoms with Gasteiger partial charge in [0.05, 0.1) is 0 Å². The predicted molar refractivity (Wildman–Crippen MR) is 51.1 cm³/mol. The zero-order chi connectivity index (χ0) is 10.2. The van der Waals surface area contributed by atoms with Crippen LogP contribution in [-0.4, -0.2) is 6.98 Å². The first kappa shape index (κ1) is 13.8. The van der Waals surface area contributed by atoms with Gasteiger partial charge < -0.3 is 12.9 Å². The van der Waals surface area contributed by atoms with Crippen LogP contribution in [0.5, 0.6) is 0 Å². The van der Waals surface area contributed by atoms with Crippen LogP contribution in [0.15, 0.2) is 30.3 Å². The van der Waals surface area contributed by atoms with Crippen molar-refractivity contribution >= 4 is 6.98 Å². The normalized spacial score (nSPS) is 24.5. The molecule has 2 atom stereocenters. The van der Waals surface area contributed by atoms with Crippen molar-refractivity contribution in [2.45, 2.75) is 18.7 Å². The van der Waals surface area contributed by atoms with E-state index in [9.17, 15) is 12.9 Å². The molecule has 0 spiro atoms. The molecule has 0 amide bonds. The van der Waals surface area contributed by atoms with Crippen LogP contribution in [-0.2, 0) is 6.42 Å². The minimum Gasteiger partial charge on any atom is -0.449 e. The summed E-state index contributed by atoms with van der Waals surface area (Å²) in [7, 11) is 0. The largest absolute Gasteiger partial charge is 1.00 e. The average molecular weight is 238 g/mol. The van der Waals surface area contributed by atoms with Gasteiger partial charge in [0, 0.05) is 0 Å². The molecule has 0 unspecified atom stereocenters. The smallest absolute Gasteiger partial charge is 0.449 e. The van der Waals surface area contributed by atoms with E-state index in [-0.39, 0.29) is 57.3 Å². The SMILES string of the molecule is F[B-](F)(F)[C@@H]1C[C@H]1Cc1ccccc1.[K+]. The van der Waals surface area contributed by atoms with Gasteiger partial charge in [0.15, 0.2) is 0 Å². The Hall–Kier alpha value is 0.711. The van der Waals surface area contributed by atoms with Gasteiger partial charge in [0.2, 0.25) is 0 Å². The van der Waals surface area contributed by atoms with Gasteiger partial charge in [0.25, 0.3) is 0 Å². The molecule has 1 aromatic rings. The van der Waals surface area contributed by atoms with E-state index in [1.807, 2.05) is 30.3 Å². The van der Waals surface area contributed by atoms with Crippen LogP contribution in [0.3, 0.4) is 0 Å². The molecule has 1 aromatic carbocycles. The molecule has 1 fully saturated rings. The summed E-state index contributed by atoms with van der Waals surface area (Å²) in [6, 6.07) is 9.38. The van der Waals surface area contributed by atoms with Crippen molar-refractivity contribution < 1.29 is 64.3 Å². The molecule has 0 bridgehead atoms. The molecule has 0 aliphatic heterocycles. The second kappa shape index (κ2) is 5.36. The third kappa shape index (κ3) is 3.89. The minimum atomic E-state index is -4.60. The zero-order valence-electron chi connectivity index (χ0n) is 8.67. The van der Waals surface area contributed by atoms with Gasteiger partial charge in [-0.1, -0.05) is 48.5 Å². The zero-order valence-corrected chi connectivity index (χ0v) is 11.8. The summed E-state index contributed by atoms with van der Waals surface area (Å²) >= 11 is 0. The number of rotatable bonds is 3. The maximum Gasteiger partial charge on any atom is 1.00 e. The molecule has 0 radical (unpaired) electrons. The van der Waals surface area contributed by atoms with Crippen LogP contribution in [0.4, 0.5) is 12.9 Å². The van der Waals surface area contributed by atoms with Crippen LogP contribution in [0.1, 0.15) is 12.0 Å². The van der Waals surface area contributed by atoms with E-state index in [1.165, 1.54) is 0 Å². The predicted octanol–water partition coefficient (Wildman–Crippen LogP) is 0.471. The topological polar surface area (TPSA) is 0 Å². The van der Waals surface area contributed by atoms with Gasteiger partial charge >= 0.3 is 58.4 Å². The molecular weight excluding hydrogens is 227 g/mol. The molecule has 0 saturated heterocycles. The summed E-state index contributed by atoms with van der Waals surface area (Å²) in [6.45, 7) is -4.60. The number of hydrogen-bond acceptors (Lipinski definition) is 0. The van der Waals surface area contributed by atoms with Gasteiger partial charge in [-0.2, -0.15) is 0 Å². The van der Waals surface area contributed by atoms with Crippen molar-refractivity contribution in [3.63, 3.8) is 0 Å².